The first-order valence-corrected chi connectivity index (χ1v) is 2.44. The van der Waals surface area contributed by atoms with Crippen LogP contribution in [0.1, 0.15) is 0 Å². The normalized spacial score (nSPS) is 17.2. The Bertz CT molecular complexity index is 85.0. The fraction of sp³-hybridized carbons (Fsp3) is 0. The first kappa shape index (κ1) is 4.04. The SMILES string of the molecule is I[C+]1C=NN=N1. The summed E-state index contributed by atoms with van der Waals surface area (Å²) in [5.74, 6) is 0. The molecule has 1 rings (SSSR count). The van der Waals surface area contributed by atoms with E-state index in [-0.39, 0.29) is 0 Å². The van der Waals surface area contributed by atoms with E-state index in [0.717, 1.165) is 4.05 Å². The molecule has 0 fully saturated rings. The molecule has 0 aromatic carbocycles. The molecular formula is C2HIN3+. The summed E-state index contributed by atoms with van der Waals surface area (Å²) >= 11 is 2.04. The van der Waals surface area contributed by atoms with Crippen LogP contribution in [0, 0.1) is 4.05 Å². The topological polar surface area (TPSA) is 37.1 Å². The van der Waals surface area contributed by atoms with Gasteiger partial charge in [0.15, 0.2) is 0 Å². The van der Waals surface area contributed by atoms with Crippen molar-refractivity contribution in [3.05, 3.63) is 4.05 Å². The molecule has 0 aromatic rings. The van der Waals surface area contributed by atoms with Crippen LogP contribution in [0.4, 0.5) is 0 Å². The third-order valence-electron chi connectivity index (χ3n) is 0.356. The number of rotatable bonds is 0. The van der Waals surface area contributed by atoms with Crippen LogP contribution >= 0.6 is 22.6 Å². The van der Waals surface area contributed by atoms with Gasteiger partial charge in [0.1, 0.15) is 0 Å². The maximum Gasteiger partial charge on any atom is 0.362 e. The molecule has 0 aliphatic carbocycles. The zero-order valence-corrected chi connectivity index (χ0v) is 4.95. The second kappa shape index (κ2) is 1.55. The van der Waals surface area contributed by atoms with E-state index in [1.165, 1.54) is 0 Å². The molecule has 4 heteroatoms. The Labute approximate surface area is 48.7 Å². The largest absolute Gasteiger partial charge is 0.362 e. The van der Waals surface area contributed by atoms with E-state index in [1.54, 1.807) is 6.21 Å². The zero-order valence-electron chi connectivity index (χ0n) is 2.80. The molecule has 1 aliphatic rings. The first-order valence-electron chi connectivity index (χ1n) is 1.36. The highest BCUT2D eigenvalue weighted by molar-refractivity contribution is 14.1. The van der Waals surface area contributed by atoms with Crippen molar-refractivity contribution in [1.29, 1.82) is 0 Å². The Hall–Kier alpha value is -0.130. The molecule has 0 radical (unpaired) electrons. The molecule has 0 atom stereocenters. The molecule has 0 saturated carbocycles. The van der Waals surface area contributed by atoms with Crippen molar-refractivity contribution in [2.75, 3.05) is 0 Å². The van der Waals surface area contributed by atoms with Gasteiger partial charge in [-0.25, -0.2) is 0 Å². The lowest BCUT2D eigenvalue weighted by Gasteiger charge is -1.54. The van der Waals surface area contributed by atoms with E-state index < -0.39 is 0 Å². The molecule has 0 saturated heterocycles. The highest BCUT2D eigenvalue weighted by Gasteiger charge is 2.16. The average Bonchev–Trinajstić information content (AvgIpc) is 1.86. The first-order chi connectivity index (χ1) is 2.89. The Kier molecular flexibility index (Phi) is 1.04. The van der Waals surface area contributed by atoms with Crippen molar-refractivity contribution < 1.29 is 0 Å². The van der Waals surface area contributed by atoms with Gasteiger partial charge in [-0.2, -0.15) is 0 Å². The fourth-order valence-electron chi connectivity index (χ4n) is 0.168. The van der Waals surface area contributed by atoms with Crippen molar-refractivity contribution in [2.45, 2.75) is 0 Å². The van der Waals surface area contributed by atoms with Crippen LogP contribution in [0.5, 0.6) is 0 Å². The van der Waals surface area contributed by atoms with Crippen molar-refractivity contribution in [1.82, 2.24) is 0 Å². The lowest BCUT2D eigenvalue weighted by Crippen LogP contribution is -1.70. The summed E-state index contributed by atoms with van der Waals surface area (Å²) in [6.07, 6.45) is 1.60. The maximum atomic E-state index is 3.54. The van der Waals surface area contributed by atoms with Crippen LogP contribution in [0.2, 0.25) is 0 Å². The van der Waals surface area contributed by atoms with Crippen molar-refractivity contribution in [2.24, 2.45) is 15.4 Å². The van der Waals surface area contributed by atoms with Crippen LogP contribution in [-0.4, -0.2) is 6.21 Å². The van der Waals surface area contributed by atoms with E-state index in [2.05, 4.69) is 15.4 Å². The molecule has 0 N–H and O–H groups in total. The minimum absolute atomic E-state index is 0.840. The van der Waals surface area contributed by atoms with Crippen LogP contribution in [-0.2, 0) is 0 Å². The summed E-state index contributed by atoms with van der Waals surface area (Å²) in [4.78, 5) is 0. The predicted octanol–water partition coefficient (Wildman–Crippen LogP) is 1.36. The van der Waals surface area contributed by atoms with E-state index in [4.69, 9.17) is 0 Å². The molecule has 0 spiro atoms. The molecule has 0 amide bonds. The lowest BCUT2D eigenvalue weighted by molar-refractivity contribution is 1.09. The van der Waals surface area contributed by atoms with Gasteiger partial charge in [0.25, 0.3) is 28.8 Å². The molecule has 1 aliphatic heterocycles. The Morgan fingerprint density at radius 2 is 2.50 bits per heavy atom. The van der Waals surface area contributed by atoms with E-state index in [1.807, 2.05) is 22.6 Å². The van der Waals surface area contributed by atoms with E-state index >= 15 is 0 Å². The third kappa shape index (κ3) is 0.675. The van der Waals surface area contributed by atoms with Gasteiger partial charge in [-0.3, -0.25) is 0 Å². The average molecular weight is 194 g/mol. The lowest BCUT2D eigenvalue weighted by atomic mass is 10.8. The van der Waals surface area contributed by atoms with Crippen LogP contribution < -0.4 is 0 Å². The van der Waals surface area contributed by atoms with Crippen LogP contribution in [0.15, 0.2) is 15.4 Å². The van der Waals surface area contributed by atoms with Gasteiger partial charge < -0.3 is 0 Å². The number of nitrogens with zero attached hydrogens (tertiary/aromatic N) is 3. The summed E-state index contributed by atoms with van der Waals surface area (Å²) in [7, 11) is 0. The Balaban J connectivity index is 2.60. The number of halogens is 1. The van der Waals surface area contributed by atoms with E-state index in [0.29, 0.717) is 0 Å². The van der Waals surface area contributed by atoms with Gasteiger partial charge >= 0.3 is 4.05 Å². The molecule has 6 heavy (non-hydrogen) atoms. The van der Waals surface area contributed by atoms with Crippen molar-refractivity contribution >= 4 is 28.8 Å². The highest BCUT2D eigenvalue weighted by Crippen LogP contribution is 2.13. The molecule has 0 unspecified atom stereocenters. The van der Waals surface area contributed by atoms with Gasteiger partial charge in [0.05, 0.1) is 5.11 Å². The van der Waals surface area contributed by atoms with Gasteiger partial charge in [-0.15, -0.1) is 0 Å². The van der Waals surface area contributed by atoms with Crippen molar-refractivity contribution in [3.8, 4) is 0 Å². The molecule has 0 bridgehead atoms. The monoisotopic (exact) mass is 194 g/mol. The minimum atomic E-state index is 0.840. The number of hydrogen-bond acceptors (Lipinski definition) is 3. The van der Waals surface area contributed by atoms with Gasteiger partial charge in [-0.05, 0) is 0 Å². The Morgan fingerprint density at radius 1 is 1.67 bits per heavy atom. The van der Waals surface area contributed by atoms with Crippen LogP contribution in [0.3, 0.4) is 0 Å². The maximum absolute atomic E-state index is 3.54. The van der Waals surface area contributed by atoms with Gasteiger partial charge in [-0.1, -0.05) is 5.10 Å². The summed E-state index contributed by atoms with van der Waals surface area (Å²) in [6, 6.07) is 0. The second-order valence-electron chi connectivity index (χ2n) is 0.757. The molecule has 0 aromatic heterocycles. The third-order valence-corrected chi connectivity index (χ3v) is 0.850. The van der Waals surface area contributed by atoms with Gasteiger partial charge in [0, 0.05) is 5.22 Å². The van der Waals surface area contributed by atoms with Crippen molar-refractivity contribution in [3.63, 3.8) is 0 Å². The summed E-state index contributed by atoms with van der Waals surface area (Å²) in [5, 5.41) is 10.3. The van der Waals surface area contributed by atoms with Crippen LogP contribution in [0.25, 0.3) is 0 Å². The zero-order chi connectivity index (χ0) is 4.41. The van der Waals surface area contributed by atoms with Gasteiger partial charge in [0.2, 0.25) is 0 Å². The fourth-order valence-corrected chi connectivity index (χ4v) is 0.389. The highest BCUT2D eigenvalue weighted by atomic mass is 127. The predicted molar refractivity (Wildman–Crippen MR) is 30.6 cm³/mol. The summed E-state index contributed by atoms with van der Waals surface area (Å²) < 4.78 is 0.840. The standard InChI is InChI=1S/C2HIN3/c3-2-1-4-6-5-2/h1H/q+1. The summed E-state index contributed by atoms with van der Waals surface area (Å²) in [6.45, 7) is 0. The quantitative estimate of drug-likeness (QED) is 0.317. The molecule has 1 heterocycles. The Morgan fingerprint density at radius 3 is 2.67 bits per heavy atom. The van der Waals surface area contributed by atoms with E-state index in [9.17, 15) is 0 Å². The summed E-state index contributed by atoms with van der Waals surface area (Å²) in [5.41, 5.74) is 0. The molecule has 30 valence electrons. The smallest absolute Gasteiger partial charge is 0.0850 e. The second-order valence-corrected chi connectivity index (χ2v) is 1.86. The number of hydrogen-bond donors (Lipinski definition) is 0. The molecule has 3 nitrogen and oxygen atoms in total. The molecular weight excluding hydrogens is 193 g/mol. The minimum Gasteiger partial charge on any atom is -0.0850 e.